The van der Waals surface area contributed by atoms with Gasteiger partial charge >= 0.3 is 12.1 Å². The van der Waals surface area contributed by atoms with Crippen molar-refractivity contribution in [2.75, 3.05) is 20.2 Å². The molecule has 5 amide bonds. The van der Waals surface area contributed by atoms with Crippen molar-refractivity contribution >= 4 is 35.0 Å². The van der Waals surface area contributed by atoms with Gasteiger partial charge in [0.2, 0.25) is 11.8 Å². The highest BCUT2D eigenvalue weighted by atomic mass is 16.5. The largest absolute Gasteiger partial charge is 0.453 e. The molecule has 14 heteroatoms. The number of aliphatic hydroxyl groups excluding tert-OH is 1. The van der Waals surface area contributed by atoms with Gasteiger partial charge in [-0.1, -0.05) is 114 Å². The van der Waals surface area contributed by atoms with Gasteiger partial charge < -0.3 is 40.2 Å². The minimum absolute atomic E-state index is 0.0508. The predicted molar refractivity (Wildman–Crippen MR) is 243 cm³/mol. The zero-order chi connectivity index (χ0) is 45.5. The van der Waals surface area contributed by atoms with Crippen LogP contribution in [0.5, 0.6) is 0 Å². The lowest BCUT2D eigenvalue weighted by Crippen LogP contribution is -2.59. The Kier molecular flexibility index (Phi) is 14.6. The number of aliphatic hydroxyl groups is 1. The van der Waals surface area contributed by atoms with Crippen LogP contribution in [-0.2, 0) is 40.8 Å². The summed E-state index contributed by atoms with van der Waals surface area (Å²) in [5.41, 5.74) is 3.99. The molecule has 5 aromatic rings. The molecule has 3 aromatic carbocycles. The molecule has 63 heavy (non-hydrogen) atoms. The number of imidazole rings is 1. The Morgan fingerprint density at radius 3 is 2.08 bits per heavy atom. The van der Waals surface area contributed by atoms with Gasteiger partial charge in [-0.05, 0) is 65.5 Å². The van der Waals surface area contributed by atoms with Crippen LogP contribution in [0, 0.1) is 10.8 Å². The fourth-order valence-corrected chi connectivity index (χ4v) is 8.33. The second-order valence-electron chi connectivity index (χ2n) is 18.6. The average molecular weight is 859 g/mol. The van der Waals surface area contributed by atoms with Crippen LogP contribution < -0.4 is 16.0 Å². The van der Waals surface area contributed by atoms with Crippen LogP contribution in [0.3, 0.4) is 0 Å². The number of para-hydroxylation sites is 2. The van der Waals surface area contributed by atoms with Crippen molar-refractivity contribution in [1.82, 2.24) is 40.3 Å². The summed E-state index contributed by atoms with van der Waals surface area (Å²) in [7, 11) is 3.18. The number of hydrogen-bond acceptors (Lipinski definition) is 8. The molecule has 1 aliphatic heterocycles. The average Bonchev–Trinajstić information content (AvgIpc) is 3.76. The number of carbonyl (C=O) groups is 4. The Morgan fingerprint density at radius 1 is 0.778 bits per heavy atom. The molecule has 4 N–H and O–H groups in total. The van der Waals surface area contributed by atoms with Crippen LogP contribution >= 0.6 is 0 Å². The maximum atomic E-state index is 14.7. The van der Waals surface area contributed by atoms with Gasteiger partial charge in [0.1, 0.15) is 17.9 Å². The highest BCUT2D eigenvalue weighted by Crippen LogP contribution is 2.30. The molecular formula is C49H62N8O6. The normalized spacial score (nSPS) is 15.7. The van der Waals surface area contributed by atoms with E-state index in [1.54, 1.807) is 16.0 Å². The zero-order valence-electron chi connectivity index (χ0n) is 37.7. The molecule has 0 spiro atoms. The van der Waals surface area contributed by atoms with E-state index in [0.29, 0.717) is 26.1 Å². The van der Waals surface area contributed by atoms with Gasteiger partial charge in [0.15, 0.2) is 0 Å². The number of nitrogens with zero attached hydrogens (tertiary/aromatic N) is 5. The minimum Gasteiger partial charge on any atom is -0.453 e. The van der Waals surface area contributed by atoms with Crippen LogP contribution in [-0.4, -0.2) is 104 Å². The van der Waals surface area contributed by atoms with Crippen molar-refractivity contribution in [3.63, 3.8) is 0 Å². The Morgan fingerprint density at radius 2 is 1.44 bits per heavy atom. The van der Waals surface area contributed by atoms with Gasteiger partial charge in [-0.25, -0.2) is 14.6 Å². The van der Waals surface area contributed by atoms with Crippen LogP contribution in [0.2, 0.25) is 0 Å². The summed E-state index contributed by atoms with van der Waals surface area (Å²) in [5.74, 6) is -0.0848. The number of fused-ring (bicyclic) bond motifs is 1. The molecule has 3 heterocycles. The van der Waals surface area contributed by atoms with E-state index >= 15 is 0 Å². The summed E-state index contributed by atoms with van der Waals surface area (Å²) in [4.78, 5) is 68.0. The molecule has 6 rings (SSSR count). The number of methoxy groups -OCH3 is 1. The smallest absolute Gasteiger partial charge is 0.407 e. The van der Waals surface area contributed by atoms with E-state index in [1.165, 1.54) is 7.11 Å². The van der Waals surface area contributed by atoms with E-state index in [-0.39, 0.29) is 24.8 Å². The third-order valence-electron chi connectivity index (χ3n) is 11.7. The maximum Gasteiger partial charge on any atom is 0.407 e. The van der Waals surface area contributed by atoms with E-state index in [2.05, 4.69) is 20.9 Å². The molecule has 0 saturated carbocycles. The number of rotatable bonds is 16. The number of amides is 5. The third kappa shape index (κ3) is 11.6. The first kappa shape index (κ1) is 46.2. The summed E-state index contributed by atoms with van der Waals surface area (Å²) in [5, 5.41) is 21.3. The number of ether oxygens (including phenoxy) is 1. The van der Waals surface area contributed by atoms with Gasteiger partial charge in [-0.3, -0.25) is 14.6 Å². The van der Waals surface area contributed by atoms with Gasteiger partial charge in [0.05, 0.1) is 42.5 Å². The molecule has 0 aliphatic carbocycles. The second kappa shape index (κ2) is 19.8. The van der Waals surface area contributed by atoms with Crippen molar-refractivity contribution < 1.29 is 29.0 Å². The minimum atomic E-state index is -1.15. The lowest BCUT2D eigenvalue weighted by molar-refractivity contribution is -0.131. The number of pyridine rings is 1. The number of nitrogens with one attached hydrogen (secondary N) is 3. The Balaban J connectivity index is 1.25. The van der Waals surface area contributed by atoms with Crippen molar-refractivity contribution in [2.24, 2.45) is 17.9 Å². The summed E-state index contributed by atoms with van der Waals surface area (Å²) >= 11 is 0. The summed E-state index contributed by atoms with van der Waals surface area (Å²) in [6.45, 7) is 12.4. The molecule has 14 nitrogen and oxygen atoms in total. The lowest BCUT2D eigenvalue weighted by Gasteiger charge is -2.38. The van der Waals surface area contributed by atoms with Crippen LogP contribution in [0.15, 0.2) is 103 Å². The monoisotopic (exact) mass is 858 g/mol. The maximum absolute atomic E-state index is 14.7. The number of benzene rings is 3. The van der Waals surface area contributed by atoms with Crippen LogP contribution in [0.1, 0.15) is 64.9 Å². The highest BCUT2D eigenvalue weighted by molar-refractivity contribution is 5.89. The number of carbonyl (C=O) groups excluding carboxylic acids is 4. The van der Waals surface area contributed by atoms with Gasteiger partial charge in [-0.2, -0.15) is 0 Å². The standard InChI is InChI=1S/C49H62N8O6/c1-48(2,3)42(54-46(61)63-8)44(59)51-35(28-33-21-23-34(24-22-33)36-18-14-15-25-50-36)30-40(58)38(29-32-16-10-9-11-17-32)53-45(60)43(49(4,5)6)57-27-26-56(47(57)62)31-41-52-37-19-12-13-20-39(37)55(41)7/h9-25,35,38,40,42-43,58H,26-31H2,1-8H3,(H,51,59)(H,53,60)(H,54,61)/t35-,38+,40+,42?,43?/m1/s1. The topological polar surface area (TPSA) is 171 Å². The zero-order valence-corrected chi connectivity index (χ0v) is 37.7. The Labute approximate surface area is 370 Å². The molecule has 0 bridgehead atoms. The predicted octanol–water partition coefficient (Wildman–Crippen LogP) is 6.26. The molecule has 334 valence electrons. The van der Waals surface area contributed by atoms with Gasteiger partial charge in [-0.15, -0.1) is 0 Å². The molecule has 1 aliphatic rings. The van der Waals surface area contributed by atoms with E-state index in [4.69, 9.17) is 9.72 Å². The number of aromatic nitrogens is 3. The van der Waals surface area contributed by atoms with Gasteiger partial charge in [0.25, 0.3) is 0 Å². The number of aryl methyl sites for hydroxylation is 1. The first-order valence-electron chi connectivity index (χ1n) is 21.6. The fraction of sp³-hybridized carbons (Fsp3) is 0.429. The molecular weight excluding hydrogens is 797 g/mol. The third-order valence-corrected chi connectivity index (χ3v) is 11.7. The Hall–Kier alpha value is -6.28. The molecule has 0 radical (unpaired) electrons. The van der Waals surface area contributed by atoms with E-state index < -0.39 is 53.1 Å². The lowest BCUT2D eigenvalue weighted by atomic mass is 9.84. The van der Waals surface area contributed by atoms with E-state index in [1.807, 2.05) is 150 Å². The molecule has 1 fully saturated rings. The van der Waals surface area contributed by atoms with Gasteiger partial charge in [0, 0.05) is 37.9 Å². The summed E-state index contributed by atoms with van der Waals surface area (Å²) < 4.78 is 6.84. The van der Waals surface area contributed by atoms with Crippen LogP contribution in [0.4, 0.5) is 9.59 Å². The van der Waals surface area contributed by atoms with Crippen molar-refractivity contribution in [2.45, 2.75) is 97.6 Å². The van der Waals surface area contributed by atoms with Crippen molar-refractivity contribution in [3.8, 4) is 11.3 Å². The second-order valence-corrected chi connectivity index (χ2v) is 18.6. The number of hydrogen-bond donors (Lipinski definition) is 4. The first-order chi connectivity index (χ1) is 29.9. The number of urea groups is 1. The molecule has 1 saturated heterocycles. The number of alkyl carbamates (subject to hydrolysis) is 1. The highest BCUT2D eigenvalue weighted by Gasteiger charge is 2.45. The molecule has 5 atom stereocenters. The summed E-state index contributed by atoms with van der Waals surface area (Å²) in [6.07, 6.45) is 0.510. The van der Waals surface area contributed by atoms with E-state index in [9.17, 15) is 24.3 Å². The van der Waals surface area contributed by atoms with Crippen LogP contribution in [0.25, 0.3) is 22.3 Å². The summed E-state index contributed by atoms with van der Waals surface area (Å²) in [6, 6.07) is 27.4. The van der Waals surface area contributed by atoms with Crippen molar-refractivity contribution in [1.29, 1.82) is 0 Å². The fourth-order valence-electron chi connectivity index (χ4n) is 8.33. The first-order valence-corrected chi connectivity index (χ1v) is 21.6. The van der Waals surface area contributed by atoms with Crippen molar-refractivity contribution in [3.05, 3.63) is 120 Å². The molecule has 2 aromatic heterocycles. The van der Waals surface area contributed by atoms with E-state index in [0.717, 1.165) is 39.2 Å². The molecule has 2 unspecified atom stereocenters. The Bertz CT molecular complexity index is 2340. The quantitative estimate of drug-likeness (QED) is 0.0901. The SMILES string of the molecule is COC(=O)NC(C(=O)N[C@H](Cc1ccc(-c2ccccn2)cc1)C[C@H](O)[C@H](Cc1ccccc1)NC(=O)C(N1CCN(Cc2nc3ccccc3n2C)C1=O)C(C)(C)C)C(C)(C)C.